The minimum atomic E-state index is 1.03. The van der Waals surface area contributed by atoms with Gasteiger partial charge in [0.25, 0.3) is 0 Å². The van der Waals surface area contributed by atoms with Gasteiger partial charge in [0.2, 0.25) is 0 Å². The quantitative estimate of drug-likeness (QED) is 0.146. The molecule has 0 spiro atoms. The standard InChI is InChI=1S/C56H43NS/c1-2-9-38(10-3-1)39-17-19-40(20-18-39)44-12-8-13-50(36-44)57(49-31-25-42(26-32-49)46-28-34-56-54(37-46)53-15-6-7-16-55(53)58-56)48-29-23-41(24-30-48)45-27-33-52-47(35-45)22-21-43-11-4-5-14-51(43)52/h1-2,4-7,9,11,13-17,19,21-37H,3,8,10,12,18,20H2. The number of thiophene rings is 1. The second-order valence-corrected chi connectivity index (χ2v) is 16.9. The molecule has 2 heteroatoms. The predicted octanol–water partition coefficient (Wildman–Crippen LogP) is 16.4. The Labute approximate surface area is 344 Å². The van der Waals surface area contributed by atoms with Crippen LogP contribution in [0.4, 0.5) is 11.4 Å². The fourth-order valence-corrected chi connectivity index (χ4v) is 10.4. The monoisotopic (exact) mass is 761 g/mol. The lowest BCUT2D eigenvalue weighted by molar-refractivity contribution is 0.845. The molecular weight excluding hydrogens is 719 g/mol. The Kier molecular flexibility index (Phi) is 8.86. The van der Waals surface area contributed by atoms with Gasteiger partial charge in [-0.25, -0.2) is 0 Å². The van der Waals surface area contributed by atoms with Crippen LogP contribution in [0.1, 0.15) is 38.5 Å². The average molecular weight is 762 g/mol. The lowest BCUT2D eigenvalue weighted by Gasteiger charge is -2.30. The number of rotatable bonds is 7. The molecule has 8 aromatic rings. The molecule has 11 rings (SSSR count). The van der Waals surface area contributed by atoms with Crippen LogP contribution in [0.25, 0.3) is 64.0 Å². The zero-order valence-corrected chi connectivity index (χ0v) is 33.3. The zero-order valence-electron chi connectivity index (χ0n) is 32.5. The number of anilines is 2. The Hall–Kier alpha value is -6.48. The van der Waals surface area contributed by atoms with Crippen molar-refractivity contribution in [2.75, 3.05) is 4.90 Å². The van der Waals surface area contributed by atoms with Crippen molar-refractivity contribution in [3.63, 3.8) is 0 Å². The van der Waals surface area contributed by atoms with E-state index in [0.717, 1.165) is 49.9 Å². The molecule has 0 fully saturated rings. The van der Waals surface area contributed by atoms with Crippen molar-refractivity contribution in [1.82, 2.24) is 0 Å². The predicted molar refractivity (Wildman–Crippen MR) is 251 cm³/mol. The second kappa shape index (κ2) is 14.8. The van der Waals surface area contributed by atoms with Crippen LogP contribution in [0.15, 0.2) is 216 Å². The molecule has 0 bridgehead atoms. The molecule has 0 amide bonds. The van der Waals surface area contributed by atoms with Crippen LogP contribution in [0.2, 0.25) is 0 Å². The van der Waals surface area contributed by atoms with E-state index in [1.54, 1.807) is 0 Å². The van der Waals surface area contributed by atoms with Crippen molar-refractivity contribution in [2.24, 2.45) is 0 Å². The van der Waals surface area contributed by atoms with Gasteiger partial charge in [0.1, 0.15) is 0 Å². The molecular formula is C56H43NS. The van der Waals surface area contributed by atoms with Crippen molar-refractivity contribution < 1.29 is 0 Å². The Morgan fingerprint density at radius 1 is 0.414 bits per heavy atom. The smallest absolute Gasteiger partial charge is 0.0461 e. The summed E-state index contributed by atoms with van der Waals surface area (Å²) in [6.07, 6.45) is 23.1. The largest absolute Gasteiger partial charge is 0.311 e. The van der Waals surface area contributed by atoms with Crippen molar-refractivity contribution in [2.45, 2.75) is 38.5 Å². The summed E-state index contributed by atoms with van der Waals surface area (Å²) in [7, 11) is 0. The van der Waals surface area contributed by atoms with Gasteiger partial charge in [-0.15, -0.1) is 11.3 Å². The van der Waals surface area contributed by atoms with Gasteiger partial charge in [-0.2, -0.15) is 0 Å². The van der Waals surface area contributed by atoms with Gasteiger partial charge in [0, 0.05) is 37.2 Å². The van der Waals surface area contributed by atoms with Gasteiger partial charge in [0.15, 0.2) is 0 Å². The molecule has 1 aromatic heterocycles. The highest BCUT2D eigenvalue weighted by Gasteiger charge is 2.21. The maximum absolute atomic E-state index is 2.46. The maximum Gasteiger partial charge on any atom is 0.0461 e. The first-order valence-corrected chi connectivity index (χ1v) is 21.5. The van der Waals surface area contributed by atoms with E-state index >= 15 is 0 Å². The molecule has 0 aliphatic heterocycles. The summed E-state index contributed by atoms with van der Waals surface area (Å²) in [5.74, 6) is 0. The molecule has 0 saturated heterocycles. The van der Waals surface area contributed by atoms with E-state index in [2.05, 4.69) is 193 Å². The van der Waals surface area contributed by atoms with Gasteiger partial charge >= 0.3 is 0 Å². The van der Waals surface area contributed by atoms with Crippen LogP contribution in [-0.4, -0.2) is 0 Å². The summed E-state index contributed by atoms with van der Waals surface area (Å²) in [5, 5.41) is 7.82. The first kappa shape index (κ1) is 34.7. The molecule has 3 aliphatic rings. The number of hydrogen-bond acceptors (Lipinski definition) is 2. The molecule has 0 atom stereocenters. The fraction of sp³-hybridized carbons (Fsp3) is 0.107. The molecule has 0 radical (unpaired) electrons. The van der Waals surface area contributed by atoms with Gasteiger partial charge < -0.3 is 4.90 Å². The van der Waals surface area contributed by atoms with E-state index in [4.69, 9.17) is 0 Å². The number of benzene rings is 7. The van der Waals surface area contributed by atoms with Crippen LogP contribution in [-0.2, 0) is 0 Å². The summed E-state index contributed by atoms with van der Waals surface area (Å²) in [5.41, 5.74) is 14.5. The van der Waals surface area contributed by atoms with Crippen molar-refractivity contribution in [3.05, 3.63) is 216 Å². The molecule has 3 aliphatic carbocycles. The van der Waals surface area contributed by atoms with Crippen LogP contribution in [0, 0.1) is 0 Å². The molecule has 58 heavy (non-hydrogen) atoms. The third-order valence-electron chi connectivity index (χ3n) is 12.4. The van der Waals surface area contributed by atoms with Gasteiger partial charge in [-0.1, -0.05) is 134 Å². The van der Waals surface area contributed by atoms with Gasteiger partial charge in [-0.05, 0) is 159 Å². The van der Waals surface area contributed by atoms with E-state index < -0.39 is 0 Å². The Morgan fingerprint density at radius 3 is 1.78 bits per heavy atom. The van der Waals surface area contributed by atoms with E-state index in [-0.39, 0.29) is 0 Å². The second-order valence-electron chi connectivity index (χ2n) is 15.8. The highest BCUT2D eigenvalue weighted by atomic mass is 32.1. The number of nitrogens with zero attached hydrogens (tertiary/aromatic N) is 1. The molecule has 1 heterocycles. The minimum absolute atomic E-state index is 1.03. The SMILES string of the molecule is C1=CCCC(C2=CC=C(C3=CC(N(c4ccc(-c5ccc6c(ccc7ccccc76)c5)cc4)c4ccc(-c5ccc6sc7ccccc7c6c5)cc4)=CCC3)CC2)=C1. The molecule has 0 N–H and O–H groups in total. The number of allylic oxidation sites excluding steroid dienone is 11. The first-order valence-electron chi connectivity index (χ1n) is 20.7. The van der Waals surface area contributed by atoms with Crippen LogP contribution in [0.5, 0.6) is 0 Å². The molecule has 7 aromatic carbocycles. The van der Waals surface area contributed by atoms with E-state index in [1.165, 1.54) is 92.0 Å². The van der Waals surface area contributed by atoms with Gasteiger partial charge in [-0.3, -0.25) is 0 Å². The van der Waals surface area contributed by atoms with E-state index in [1.807, 2.05) is 11.3 Å². The highest BCUT2D eigenvalue weighted by molar-refractivity contribution is 7.25. The zero-order chi connectivity index (χ0) is 38.4. The third-order valence-corrected chi connectivity index (χ3v) is 13.5. The maximum atomic E-state index is 2.46. The summed E-state index contributed by atoms with van der Waals surface area (Å²) < 4.78 is 2.68. The molecule has 1 nitrogen and oxygen atoms in total. The van der Waals surface area contributed by atoms with Gasteiger partial charge in [0.05, 0.1) is 0 Å². The highest BCUT2D eigenvalue weighted by Crippen LogP contribution is 2.41. The van der Waals surface area contributed by atoms with Crippen LogP contribution >= 0.6 is 11.3 Å². The number of fused-ring (bicyclic) bond motifs is 6. The molecule has 0 saturated carbocycles. The van der Waals surface area contributed by atoms with Crippen molar-refractivity contribution >= 4 is 64.4 Å². The van der Waals surface area contributed by atoms with Crippen molar-refractivity contribution in [1.29, 1.82) is 0 Å². The summed E-state index contributed by atoms with van der Waals surface area (Å²) in [6.45, 7) is 0. The van der Waals surface area contributed by atoms with Crippen LogP contribution in [0.3, 0.4) is 0 Å². The van der Waals surface area contributed by atoms with Crippen molar-refractivity contribution in [3.8, 4) is 22.3 Å². The number of hydrogen-bond donors (Lipinski definition) is 0. The van der Waals surface area contributed by atoms with Crippen LogP contribution < -0.4 is 4.90 Å². The fourth-order valence-electron chi connectivity index (χ4n) is 9.29. The lowest BCUT2D eigenvalue weighted by atomic mass is 9.84. The Balaban J connectivity index is 0.949. The summed E-state index contributed by atoms with van der Waals surface area (Å²) in [4.78, 5) is 2.46. The topological polar surface area (TPSA) is 3.24 Å². The Morgan fingerprint density at radius 2 is 1.02 bits per heavy atom. The lowest BCUT2D eigenvalue weighted by Crippen LogP contribution is -2.17. The molecule has 278 valence electrons. The summed E-state index contributed by atoms with van der Waals surface area (Å²) >= 11 is 1.87. The van der Waals surface area contributed by atoms with E-state index in [9.17, 15) is 0 Å². The first-order chi connectivity index (χ1) is 28.7. The summed E-state index contributed by atoms with van der Waals surface area (Å²) in [6, 6.07) is 54.1. The van der Waals surface area contributed by atoms with E-state index in [0.29, 0.717) is 0 Å². The molecule has 0 unspecified atom stereocenters. The minimum Gasteiger partial charge on any atom is -0.311 e. The third kappa shape index (κ3) is 6.44. The normalized spacial score (nSPS) is 15.6. The average Bonchev–Trinajstić information content (AvgIpc) is 3.68. The Bertz CT molecular complexity index is 3090.